The van der Waals surface area contributed by atoms with Gasteiger partial charge in [-0.15, -0.1) is 16.9 Å². The molecule has 1 fully saturated rings. The Kier molecular flexibility index (Phi) is 5.77. The first-order valence-corrected chi connectivity index (χ1v) is 10.4. The molecule has 1 saturated heterocycles. The predicted molar refractivity (Wildman–Crippen MR) is 100 cm³/mol. The zero-order valence-electron chi connectivity index (χ0n) is 14.5. The number of β-lactam (4-membered cyclic amide) rings is 1. The highest BCUT2D eigenvalue weighted by Crippen LogP contribution is 2.40. The van der Waals surface area contributed by atoms with E-state index in [0.29, 0.717) is 29.4 Å². The van der Waals surface area contributed by atoms with Crippen molar-refractivity contribution >= 4 is 35.4 Å². The Morgan fingerprint density at radius 3 is 2.85 bits per heavy atom. The summed E-state index contributed by atoms with van der Waals surface area (Å²) in [5, 5.41) is 15.6. The Hall–Kier alpha value is -2.05. The normalized spacial score (nSPS) is 21.9. The molecule has 0 radical (unpaired) electrons. The minimum Gasteiger partial charge on any atom is -0.477 e. The van der Waals surface area contributed by atoms with Crippen LogP contribution in [-0.2, 0) is 16.1 Å². The maximum atomic E-state index is 12.1. The van der Waals surface area contributed by atoms with Crippen LogP contribution < -0.4 is 16.9 Å². The second-order valence-electron chi connectivity index (χ2n) is 6.13. The van der Waals surface area contributed by atoms with Crippen molar-refractivity contribution < 1.29 is 14.7 Å². The molecular weight excluding hydrogens is 394 g/mol. The van der Waals surface area contributed by atoms with Crippen molar-refractivity contribution in [3.63, 3.8) is 0 Å². The summed E-state index contributed by atoms with van der Waals surface area (Å²) < 4.78 is 1.30. The zero-order valence-corrected chi connectivity index (χ0v) is 16.1. The Morgan fingerprint density at radius 2 is 2.19 bits per heavy atom. The van der Waals surface area contributed by atoms with E-state index in [1.165, 1.54) is 21.2 Å². The number of hydrogen-bond acceptors (Lipinski definition) is 8. The van der Waals surface area contributed by atoms with E-state index in [9.17, 15) is 24.3 Å². The van der Waals surface area contributed by atoms with Crippen LogP contribution in [-0.4, -0.2) is 59.6 Å². The number of aromatic amines is 1. The number of carbonyl (C=O) groups excluding carboxylic acids is 1. The minimum atomic E-state index is -1.19. The van der Waals surface area contributed by atoms with Gasteiger partial charge >= 0.3 is 17.1 Å². The predicted octanol–water partition coefficient (Wildman–Crippen LogP) is -0.595. The Balaban J connectivity index is 1.86. The van der Waals surface area contributed by atoms with E-state index in [-0.39, 0.29) is 16.8 Å². The zero-order chi connectivity index (χ0) is 19.7. The number of hydrogen-bond donors (Lipinski definition) is 3. The molecule has 1 unspecified atom stereocenters. The molecule has 0 aliphatic carbocycles. The third kappa shape index (κ3) is 3.56. The van der Waals surface area contributed by atoms with Crippen LogP contribution in [0.25, 0.3) is 0 Å². The molecule has 1 aromatic rings. The van der Waals surface area contributed by atoms with Crippen LogP contribution in [0.15, 0.2) is 26.0 Å². The molecule has 0 saturated carbocycles. The second kappa shape index (κ2) is 7.90. The van der Waals surface area contributed by atoms with E-state index in [4.69, 9.17) is 5.73 Å². The third-order valence-corrected chi connectivity index (χ3v) is 6.75. The van der Waals surface area contributed by atoms with Crippen molar-refractivity contribution in [3.8, 4) is 0 Å². The van der Waals surface area contributed by atoms with E-state index in [1.54, 1.807) is 0 Å². The highest BCUT2D eigenvalue weighted by molar-refractivity contribution is 8.01. The molecular formula is C15H19N5O5S2. The Labute approximate surface area is 162 Å². The van der Waals surface area contributed by atoms with Gasteiger partial charge in [-0.05, 0) is 12.0 Å². The van der Waals surface area contributed by atoms with Crippen LogP contribution in [0.1, 0.15) is 19.8 Å². The SMILES string of the molecule is CCCCn1c(SCC2=C(C(=O)O)N3C(=O)C(N)[C@H]3SC2)n[nH]c(=O)c1=O. The number of H-pyrrole nitrogens is 1. The highest BCUT2D eigenvalue weighted by atomic mass is 32.2. The van der Waals surface area contributed by atoms with Gasteiger partial charge < -0.3 is 10.8 Å². The molecule has 4 N–H and O–H groups in total. The molecule has 2 atom stereocenters. The molecule has 27 heavy (non-hydrogen) atoms. The Morgan fingerprint density at radius 1 is 1.44 bits per heavy atom. The van der Waals surface area contributed by atoms with Gasteiger partial charge in [-0.25, -0.2) is 9.89 Å². The molecule has 10 nitrogen and oxygen atoms in total. The average Bonchev–Trinajstić information content (AvgIpc) is 2.66. The highest BCUT2D eigenvalue weighted by Gasteiger charge is 2.51. The first kappa shape index (κ1) is 19.7. The van der Waals surface area contributed by atoms with Gasteiger partial charge in [-0.2, -0.15) is 0 Å². The van der Waals surface area contributed by atoms with E-state index >= 15 is 0 Å². The van der Waals surface area contributed by atoms with Crippen molar-refractivity contribution in [2.75, 3.05) is 11.5 Å². The van der Waals surface area contributed by atoms with Crippen LogP contribution in [0.5, 0.6) is 0 Å². The van der Waals surface area contributed by atoms with E-state index in [1.807, 2.05) is 6.92 Å². The van der Waals surface area contributed by atoms with Gasteiger partial charge in [0.2, 0.25) is 5.91 Å². The fourth-order valence-corrected chi connectivity index (χ4v) is 5.29. The van der Waals surface area contributed by atoms with Gasteiger partial charge in [-0.1, -0.05) is 25.1 Å². The third-order valence-electron chi connectivity index (χ3n) is 4.33. The number of carbonyl (C=O) groups is 2. The first-order valence-electron chi connectivity index (χ1n) is 8.34. The van der Waals surface area contributed by atoms with Crippen LogP contribution >= 0.6 is 23.5 Å². The van der Waals surface area contributed by atoms with Gasteiger partial charge in [0.1, 0.15) is 17.1 Å². The standard InChI is InChI=1S/C15H19N5O5S2/c1-2-3-4-19-12(23)10(21)17-18-15(19)27-6-7-5-26-13-8(16)11(22)20(13)9(7)14(24)25/h8,13H,2-6,16H2,1H3,(H,17,21)(H,24,25)/t8?,13-/m1/s1. The number of thioether (sulfide) groups is 2. The molecule has 3 rings (SSSR count). The number of nitrogens with zero attached hydrogens (tertiary/aromatic N) is 3. The van der Waals surface area contributed by atoms with Crippen molar-refractivity contribution in [1.82, 2.24) is 19.7 Å². The molecule has 2 aliphatic heterocycles. The van der Waals surface area contributed by atoms with Crippen molar-refractivity contribution in [1.29, 1.82) is 0 Å². The maximum Gasteiger partial charge on any atom is 0.352 e. The lowest BCUT2D eigenvalue weighted by Crippen LogP contribution is -2.68. The van der Waals surface area contributed by atoms with E-state index in [0.717, 1.165) is 18.2 Å². The molecule has 0 aromatic carbocycles. The summed E-state index contributed by atoms with van der Waals surface area (Å²) >= 11 is 2.57. The number of unbranched alkanes of at least 4 members (excludes halogenated alkanes) is 1. The number of carboxylic acid groups (broad SMARTS) is 1. The number of aliphatic carboxylic acids is 1. The van der Waals surface area contributed by atoms with Crippen molar-refractivity contribution in [2.24, 2.45) is 5.73 Å². The van der Waals surface area contributed by atoms with Crippen molar-refractivity contribution in [2.45, 2.75) is 42.9 Å². The molecule has 0 bridgehead atoms. The van der Waals surface area contributed by atoms with Gasteiger partial charge in [0, 0.05) is 18.1 Å². The smallest absolute Gasteiger partial charge is 0.352 e. The topological polar surface area (TPSA) is 151 Å². The van der Waals surface area contributed by atoms with Crippen molar-refractivity contribution in [3.05, 3.63) is 32.0 Å². The average molecular weight is 413 g/mol. The molecule has 1 aromatic heterocycles. The summed E-state index contributed by atoms with van der Waals surface area (Å²) in [6, 6.07) is -0.682. The van der Waals surface area contributed by atoms with Crippen LogP contribution in [0, 0.1) is 0 Å². The number of fused-ring (bicyclic) bond motifs is 1. The molecule has 146 valence electrons. The summed E-state index contributed by atoms with van der Waals surface area (Å²) in [5.74, 6) is -0.951. The van der Waals surface area contributed by atoms with Crippen LogP contribution in [0.2, 0.25) is 0 Å². The fourth-order valence-electron chi connectivity index (χ4n) is 2.88. The Bertz CT molecular complexity index is 924. The lowest BCUT2D eigenvalue weighted by molar-refractivity contribution is -0.147. The van der Waals surface area contributed by atoms with Gasteiger partial charge in [-0.3, -0.25) is 23.9 Å². The number of amides is 1. The summed E-state index contributed by atoms with van der Waals surface area (Å²) in [6.45, 7) is 2.32. The fraction of sp³-hybridized carbons (Fsp3) is 0.533. The molecule has 1 amide bonds. The molecule has 2 aliphatic rings. The van der Waals surface area contributed by atoms with E-state index in [2.05, 4.69) is 10.2 Å². The lowest BCUT2D eigenvalue weighted by atomic mass is 10.0. The largest absolute Gasteiger partial charge is 0.477 e. The van der Waals surface area contributed by atoms with E-state index < -0.39 is 29.0 Å². The number of aromatic nitrogens is 3. The monoisotopic (exact) mass is 413 g/mol. The van der Waals surface area contributed by atoms with Gasteiger partial charge in [0.15, 0.2) is 5.16 Å². The van der Waals surface area contributed by atoms with Gasteiger partial charge in [0.05, 0.1) is 0 Å². The minimum absolute atomic E-state index is 0.0511. The molecule has 0 spiro atoms. The van der Waals surface area contributed by atoms with Crippen LogP contribution in [0.4, 0.5) is 0 Å². The lowest BCUT2D eigenvalue weighted by Gasteiger charge is -2.48. The molecule has 3 heterocycles. The summed E-state index contributed by atoms with van der Waals surface area (Å²) in [7, 11) is 0. The number of nitrogens with two attached hydrogens (primary N) is 1. The second-order valence-corrected chi connectivity index (χ2v) is 8.17. The molecule has 12 heteroatoms. The quantitative estimate of drug-likeness (QED) is 0.302. The van der Waals surface area contributed by atoms with Gasteiger partial charge in [0.25, 0.3) is 0 Å². The maximum absolute atomic E-state index is 12.1. The summed E-state index contributed by atoms with van der Waals surface area (Å²) in [5.41, 5.74) is 4.75. The number of nitrogens with one attached hydrogen (secondary N) is 1. The first-order chi connectivity index (χ1) is 12.9. The van der Waals surface area contributed by atoms with Crippen LogP contribution in [0.3, 0.4) is 0 Å². The number of rotatable bonds is 7. The summed E-state index contributed by atoms with van der Waals surface area (Å²) in [6.07, 6.45) is 1.55. The summed E-state index contributed by atoms with van der Waals surface area (Å²) in [4.78, 5) is 48.5. The number of carboxylic acids is 1.